The first-order chi connectivity index (χ1) is 22.5. The van der Waals surface area contributed by atoms with Crippen LogP contribution >= 0.6 is 0 Å². The molecule has 0 unspecified atom stereocenters. The highest BCUT2D eigenvalue weighted by molar-refractivity contribution is 5.97. The summed E-state index contributed by atoms with van der Waals surface area (Å²) in [5.41, 5.74) is 13.1. The van der Waals surface area contributed by atoms with E-state index in [1.165, 1.54) is 17.0 Å². The molecule has 252 valence electrons. The molecule has 2 heterocycles. The van der Waals surface area contributed by atoms with Gasteiger partial charge in [0.2, 0.25) is 35.4 Å². The van der Waals surface area contributed by atoms with Gasteiger partial charge in [0.05, 0.1) is 12.5 Å². The standard InChI is InChI=1S/C33H43N7O7/c34-23(17-21-11-13-22(41)14-12-21)30(44)38-25-19-28(42)36-15-5-4-9-24(29(35)43)37-32(46)27-10-6-16-40(27)33(47)26(39-31(25)45)18-20-7-2-1-3-8-20/h1-3,7-8,11-14,23-27,41H,4-6,9-10,15-19,34H2,(H2,35,43)(H,36,42)(H,37,46)(H,38,44)(H,39,45)/t23-,24-,25+,26-,27+/m0/s1. The van der Waals surface area contributed by atoms with Gasteiger partial charge in [0, 0.05) is 19.5 Å². The first-order valence-electron chi connectivity index (χ1n) is 15.9. The molecule has 47 heavy (non-hydrogen) atoms. The van der Waals surface area contributed by atoms with E-state index in [4.69, 9.17) is 11.5 Å². The Balaban J connectivity index is 1.60. The van der Waals surface area contributed by atoms with Gasteiger partial charge in [-0.3, -0.25) is 28.8 Å². The number of amides is 6. The lowest BCUT2D eigenvalue weighted by Crippen LogP contribution is -2.59. The van der Waals surface area contributed by atoms with Gasteiger partial charge in [-0.1, -0.05) is 42.5 Å². The average Bonchev–Trinajstić information content (AvgIpc) is 3.54. The Morgan fingerprint density at radius 3 is 2.34 bits per heavy atom. The minimum absolute atomic E-state index is 0.0595. The van der Waals surface area contributed by atoms with Gasteiger partial charge in [-0.25, -0.2) is 0 Å². The van der Waals surface area contributed by atoms with Crippen LogP contribution in [0.1, 0.15) is 49.7 Å². The molecule has 0 spiro atoms. The van der Waals surface area contributed by atoms with Gasteiger partial charge in [-0.05, 0) is 61.8 Å². The van der Waals surface area contributed by atoms with Crippen molar-refractivity contribution in [2.45, 2.75) is 81.6 Å². The number of nitrogens with two attached hydrogens (primary N) is 2. The Bertz CT molecular complexity index is 1440. The molecule has 14 heteroatoms. The van der Waals surface area contributed by atoms with E-state index in [-0.39, 0.29) is 38.1 Å². The van der Waals surface area contributed by atoms with Gasteiger partial charge < -0.3 is 42.7 Å². The fraction of sp³-hybridized carbons (Fsp3) is 0.455. The molecule has 6 amide bonds. The number of phenolic OH excluding ortho intramolecular Hbond substituents is 1. The topological polar surface area (TPSA) is 226 Å². The molecule has 0 aliphatic carbocycles. The van der Waals surface area contributed by atoms with Crippen LogP contribution in [0.2, 0.25) is 0 Å². The molecule has 2 fully saturated rings. The first-order valence-corrected chi connectivity index (χ1v) is 15.9. The molecular weight excluding hydrogens is 606 g/mol. The Morgan fingerprint density at radius 2 is 1.64 bits per heavy atom. The van der Waals surface area contributed by atoms with Crippen molar-refractivity contribution in [2.24, 2.45) is 11.5 Å². The van der Waals surface area contributed by atoms with Crippen molar-refractivity contribution in [2.75, 3.05) is 13.1 Å². The lowest BCUT2D eigenvalue weighted by Gasteiger charge is -2.30. The van der Waals surface area contributed by atoms with Gasteiger partial charge in [0.15, 0.2) is 0 Å². The van der Waals surface area contributed by atoms with Gasteiger partial charge in [-0.2, -0.15) is 0 Å². The smallest absolute Gasteiger partial charge is 0.246 e. The van der Waals surface area contributed by atoms with Crippen LogP contribution in [0.5, 0.6) is 5.75 Å². The second-order valence-corrected chi connectivity index (χ2v) is 12.0. The summed E-state index contributed by atoms with van der Waals surface area (Å²) in [5.74, 6) is -3.63. The van der Waals surface area contributed by atoms with Gasteiger partial charge >= 0.3 is 0 Å². The van der Waals surface area contributed by atoms with Gasteiger partial charge in [0.25, 0.3) is 0 Å². The fourth-order valence-corrected chi connectivity index (χ4v) is 5.80. The fourth-order valence-electron chi connectivity index (χ4n) is 5.80. The number of benzene rings is 2. The third-order valence-corrected chi connectivity index (χ3v) is 8.39. The molecule has 0 saturated carbocycles. The highest BCUT2D eigenvalue weighted by atomic mass is 16.3. The van der Waals surface area contributed by atoms with Crippen molar-refractivity contribution in [3.8, 4) is 5.75 Å². The van der Waals surface area contributed by atoms with Crippen molar-refractivity contribution in [3.63, 3.8) is 0 Å². The molecule has 2 aliphatic heterocycles. The Morgan fingerprint density at radius 1 is 0.915 bits per heavy atom. The molecule has 2 aliphatic rings. The highest BCUT2D eigenvalue weighted by Crippen LogP contribution is 2.21. The van der Waals surface area contributed by atoms with Crippen LogP contribution in [-0.4, -0.2) is 88.7 Å². The summed E-state index contributed by atoms with van der Waals surface area (Å²) < 4.78 is 0. The second kappa shape index (κ2) is 16.5. The summed E-state index contributed by atoms with van der Waals surface area (Å²) in [7, 11) is 0. The number of rotatable bonds is 7. The van der Waals surface area contributed by atoms with Crippen molar-refractivity contribution < 1.29 is 33.9 Å². The number of nitrogens with zero attached hydrogens (tertiary/aromatic N) is 1. The largest absolute Gasteiger partial charge is 0.508 e. The van der Waals surface area contributed by atoms with E-state index in [9.17, 15) is 33.9 Å². The van der Waals surface area contributed by atoms with Gasteiger partial charge in [0.1, 0.15) is 29.9 Å². The van der Waals surface area contributed by atoms with E-state index in [1.54, 1.807) is 36.4 Å². The summed E-state index contributed by atoms with van der Waals surface area (Å²) in [4.78, 5) is 80.9. The number of aromatic hydroxyl groups is 1. The number of carbonyl (C=O) groups is 6. The number of primary amides is 1. The van der Waals surface area contributed by atoms with E-state index in [1.807, 2.05) is 6.07 Å². The minimum Gasteiger partial charge on any atom is -0.508 e. The van der Waals surface area contributed by atoms with Crippen LogP contribution < -0.4 is 32.7 Å². The van der Waals surface area contributed by atoms with E-state index >= 15 is 0 Å². The maximum absolute atomic E-state index is 14.0. The molecule has 2 aromatic carbocycles. The summed E-state index contributed by atoms with van der Waals surface area (Å²) in [5, 5.41) is 20.3. The summed E-state index contributed by atoms with van der Waals surface area (Å²) in [6, 6.07) is 9.74. The molecular formula is C33H43N7O7. The van der Waals surface area contributed by atoms with Crippen molar-refractivity contribution >= 4 is 35.4 Å². The Kier molecular flexibility index (Phi) is 12.3. The molecule has 4 rings (SSSR count). The van der Waals surface area contributed by atoms with Crippen molar-refractivity contribution in [1.82, 2.24) is 26.2 Å². The Labute approximate surface area is 273 Å². The van der Waals surface area contributed by atoms with Crippen LogP contribution in [0, 0.1) is 0 Å². The van der Waals surface area contributed by atoms with Crippen LogP contribution in [0.15, 0.2) is 54.6 Å². The normalized spacial score (nSPS) is 23.8. The maximum atomic E-state index is 14.0. The molecule has 9 N–H and O–H groups in total. The van der Waals surface area contributed by atoms with E-state index in [0.717, 1.165) is 5.56 Å². The molecule has 0 aromatic heterocycles. The van der Waals surface area contributed by atoms with Crippen LogP contribution in [-0.2, 0) is 41.6 Å². The summed E-state index contributed by atoms with van der Waals surface area (Å²) in [6.07, 6.45) is 1.81. The number of hydrogen-bond donors (Lipinski definition) is 7. The lowest BCUT2D eigenvalue weighted by atomic mass is 10.0. The molecule has 2 saturated heterocycles. The molecule has 14 nitrogen and oxygen atoms in total. The molecule has 0 radical (unpaired) electrons. The second-order valence-electron chi connectivity index (χ2n) is 12.0. The lowest BCUT2D eigenvalue weighted by molar-refractivity contribution is -0.142. The molecule has 2 aromatic rings. The average molecular weight is 650 g/mol. The van der Waals surface area contributed by atoms with Crippen molar-refractivity contribution in [1.29, 1.82) is 0 Å². The molecule has 0 bridgehead atoms. The highest BCUT2D eigenvalue weighted by Gasteiger charge is 2.39. The minimum atomic E-state index is -1.37. The van der Waals surface area contributed by atoms with Crippen LogP contribution in [0.25, 0.3) is 0 Å². The van der Waals surface area contributed by atoms with Crippen LogP contribution in [0.3, 0.4) is 0 Å². The van der Waals surface area contributed by atoms with Crippen molar-refractivity contribution in [3.05, 3.63) is 65.7 Å². The zero-order valence-electron chi connectivity index (χ0n) is 26.2. The SMILES string of the molecule is NC(=O)[C@@H]1CCCCNC(=O)C[C@@H](NC(=O)[C@@H](N)Cc2ccc(O)cc2)C(=O)N[C@@H](Cc2ccccc2)C(=O)N2CCC[C@@H]2C(=O)N1. The first kappa shape index (κ1) is 34.9. The third kappa shape index (κ3) is 10.0. The Hall–Kier alpha value is -4.98. The number of fused-ring (bicyclic) bond motifs is 1. The van der Waals surface area contributed by atoms with E-state index in [0.29, 0.717) is 31.2 Å². The van der Waals surface area contributed by atoms with Crippen LogP contribution in [0.4, 0.5) is 0 Å². The number of hydrogen-bond acceptors (Lipinski definition) is 8. The predicted molar refractivity (Wildman–Crippen MR) is 171 cm³/mol. The summed E-state index contributed by atoms with van der Waals surface area (Å²) in [6.45, 7) is 0.473. The number of phenols is 1. The third-order valence-electron chi connectivity index (χ3n) is 8.39. The van der Waals surface area contributed by atoms with E-state index < -0.39 is 72.1 Å². The predicted octanol–water partition coefficient (Wildman–Crippen LogP) is -0.874. The zero-order chi connectivity index (χ0) is 33.9. The number of nitrogens with one attached hydrogen (secondary N) is 4. The van der Waals surface area contributed by atoms with Gasteiger partial charge in [-0.15, -0.1) is 0 Å². The summed E-state index contributed by atoms with van der Waals surface area (Å²) >= 11 is 0. The molecule has 5 atom stereocenters. The maximum Gasteiger partial charge on any atom is 0.246 e. The number of carbonyl (C=O) groups excluding carboxylic acids is 6. The zero-order valence-corrected chi connectivity index (χ0v) is 26.2. The van der Waals surface area contributed by atoms with E-state index in [2.05, 4.69) is 21.3 Å². The quantitative estimate of drug-likeness (QED) is 0.199. The monoisotopic (exact) mass is 649 g/mol.